The third-order valence-electron chi connectivity index (χ3n) is 2.34. The second-order valence-electron chi connectivity index (χ2n) is 4.09. The lowest BCUT2D eigenvalue weighted by Crippen LogP contribution is -2.06. The van der Waals surface area contributed by atoms with Gasteiger partial charge in [-0.3, -0.25) is 4.57 Å². The van der Waals surface area contributed by atoms with Gasteiger partial charge in [-0.15, -0.1) is 0 Å². The van der Waals surface area contributed by atoms with Gasteiger partial charge in [0.25, 0.3) is 7.82 Å². The summed E-state index contributed by atoms with van der Waals surface area (Å²) in [6, 6.07) is 9.43. The molecule has 1 N–H and O–H groups in total. The molecule has 0 aliphatic heterocycles. The molecule has 0 saturated heterocycles. The number of ether oxygens (including phenoxy) is 1. The van der Waals surface area contributed by atoms with E-state index in [1.54, 1.807) is 6.92 Å². The molecule has 0 bridgehead atoms. The van der Waals surface area contributed by atoms with Crippen molar-refractivity contribution in [2.45, 2.75) is 20.0 Å². The van der Waals surface area contributed by atoms with Crippen LogP contribution in [0.2, 0.25) is 0 Å². The van der Waals surface area contributed by atoms with E-state index in [1.165, 1.54) is 6.92 Å². The monoisotopic (exact) mass is 331 g/mol. The van der Waals surface area contributed by atoms with E-state index in [-0.39, 0.29) is 11.9 Å². The minimum atomic E-state index is -3.90. The number of rotatable bonds is 5. The van der Waals surface area contributed by atoms with Gasteiger partial charge >= 0.3 is 5.97 Å². The molecule has 1 aromatic rings. The van der Waals surface area contributed by atoms with Crippen LogP contribution in [-0.4, -0.2) is 25.3 Å². The van der Waals surface area contributed by atoms with Crippen LogP contribution in [0.25, 0.3) is 0 Å². The van der Waals surface area contributed by atoms with Crippen LogP contribution >= 0.6 is 7.82 Å². The fourth-order valence-electron chi connectivity index (χ4n) is 1.25. The predicted octanol–water partition coefficient (Wildman–Crippen LogP) is 2.50. The molecule has 0 aromatic heterocycles. The fraction of sp³-hybridized carbons (Fsp3) is 0.357. The second kappa shape index (κ2) is 10.1. The lowest BCUT2D eigenvalue weighted by molar-refractivity contribution is -0.220. The van der Waals surface area contributed by atoms with Gasteiger partial charge in [-0.1, -0.05) is 30.3 Å². The van der Waals surface area contributed by atoms with E-state index in [9.17, 15) is 14.3 Å². The highest BCUT2D eigenvalue weighted by Crippen LogP contribution is 2.34. The number of carbonyl (C=O) groups excluding carboxylic acids is 1. The molecule has 0 aliphatic carbocycles. The number of carbonyl (C=O) groups is 1. The Morgan fingerprint density at radius 3 is 2.14 bits per heavy atom. The summed E-state index contributed by atoms with van der Waals surface area (Å²) in [5, 5.41) is 8.87. The summed E-state index contributed by atoms with van der Waals surface area (Å²) in [5.41, 5.74) is 0.926. The topological polar surface area (TPSA) is 105 Å². The second-order valence-corrected chi connectivity index (χ2v) is 5.71. The number of hydrogen-bond donors (Lipinski definition) is 1. The van der Waals surface area contributed by atoms with Gasteiger partial charge in [-0.05, 0) is 19.4 Å². The zero-order valence-corrected chi connectivity index (χ0v) is 13.8. The first-order valence-electron chi connectivity index (χ1n) is 6.27. The molecule has 0 radical (unpaired) electrons. The fourth-order valence-corrected chi connectivity index (χ4v) is 1.39. The third kappa shape index (κ3) is 9.31. The molecule has 1 unspecified atom stereocenters. The Morgan fingerprint density at radius 2 is 1.77 bits per heavy atom. The minimum absolute atomic E-state index is 0.0553. The van der Waals surface area contributed by atoms with Gasteiger partial charge in [0, 0.05) is 14.2 Å². The van der Waals surface area contributed by atoms with E-state index in [2.05, 4.69) is 9.05 Å². The van der Waals surface area contributed by atoms with E-state index in [0.29, 0.717) is 0 Å². The lowest BCUT2D eigenvalue weighted by atomic mass is 10.1. The molecule has 0 heterocycles. The molecule has 22 heavy (non-hydrogen) atoms. The maximum Gasteiger partial charge on any atom is 0.334 e. The van der Waals surface area contributed by atoms with Crippen molar-refractivity contribution in [3.63, 3.8) is 0 Å². The summed E-state index contributed by atoms with van der Waals surface area (Å²) in [4.78, 5) is 21.1. The van der Waals surface area contributed by atoms with Crippen molar-refractivity contribution in [1.82, 2.24) is 0 Å². The third-order valence-corrected chi connectivity index (χ3v) is 3.23. The Balaban J connectivity index is 0.000000534. The first kappa shape index (κ1) is 20.3. The molecule has 0 aliphatic rings. The summed E-state index contributed by atoms with van der Waals surface area (Å²) < 4.78 is 22.8. The number of allylic oxidation sites excluding steroid dienone is 1. The standard InChI is InChI=1S/C12H14O3.C2H7O4P/c1-9(13)8-12(14)15-10(2)11-6-4-3-5-7-11;1-5-7(3,4)6-2/h3-8,10,13H,1-2H3;1-2H3,(H,3,4)/p-1/b9-8+;. The number of hydrogen-bond acceptors (Lipinski definition) is 7. The van der Waals surface area contributed by atoms with Gasteiger partial charge in [-0.2, -0.15) is 0 Å². The van der Waals surface area contributed by atoms with Gasteiger partial charge in [0.1, 0.15) is 6.10 Å². The smallest absolute Gasteiger partial charge is 0.334 e. The van der Waals surface area contributed by atoms with Gasteiger partial charge in [0.05, 0.1) is 11.8 Å². The highest BCUT2D eigenvalue weighted by Gasteiger charge is 2.09. The van der Waals surface area contributed by atoms with Crippen molar-refractivity contribution in [2.24, 2.45) is 0 Å². The normalized spacial score (nSPS) is 12.9. The number of benzene rings is 1. The summed E-state index contributed by atoms with van der Waals surface area (Å²) in [6.07, 6.45) is 0.744. The van der Waals surface area contributed by atoms with Crippen LogP contribution in [0, 0.1) is 0 Å². The quantitative estimate of drug-likeness (QED) is 0.382. The molecule has 0 saturated carbocycles. The minimum Gasteiger partial charge on any atom is -0.756 e. The number of esters is 1. The Bertz CT molecular complexity index is 515. The molecule has 0 fully saturated rings. The van der Waals surface area contributed by atoms with E-state index in [0.717, 1.165) is 25.9 Å². The predicted molar refractivity (Wildman–Crippen MR) is 79.0 cm³/mol. The van der Waals surface area contributed by atoms with Crippen molar-refractivity contribution in [2.75, 3.05) is 14.2 Å². The summed E-state index contributed by atoms with van der Waals surface area (Å²) >= 11 is 0. The van der Waals surface area contributed by atoms with Crippen molar-refractivity contribution in [3.05, 3.63) is 47.7 Å². The van der Waals surface area contributed by atoms with Gasteiger partial charge in [0.2, 0.25) is 0 Å². The largest absolute Gasteiger partial charge is 0.756 e. The molecule has 124 valence electrons. The van der Waals surface area contributed by atoms with Gasteiger partial charge in [-0.25, -0.2) is 4.79 Å². The van der Waals surface area contributed by atoms with Crippen LogP contribution in [0.1, 0.15) is 25.5 Å². The Hall–Kier alpha value is -1.66. The van der Waals surface area contributed by atoms with Crippen LogP contribution in [0.15, 0.2) is 42.2 Å². The van der Waals surface area contributed by atoms with Gasteiger partial charge < -0.3 is 23.8 Å². The summed E-state index contributed by atoms with van der Waals surface area (Å²) in [6.45, 7) is 3.21. The van der Waals surface area contributed by atoms with Crippen LogP contribution in [0.3, 0.4) is 0 Å². The van der Waals surface area contributed by atoms with E-state index in [1.807, 2.05) is 30.3 Å². The lowest BCUT2D eigenvalue weighted by Gasteiger charge is -2.16. The number of phosphoric ester groups is 1. The molecule has 0 spiro atoms. The van der Waals surface area contributed by atoms with E-state index in [4.69, 9.17) is 9.84 Å². The van der Waals surface area contributed by atoms with Crippen LogP contribution in [-0.2, 0) is 23.1 Å². The average molecular weight is 331 g/mol. The highest BCUT2D eigenvalue weighted by atomic mass is 31.2. The van der Waals surface area contributed by atoms with Crippen molar-refractivity contribution < 1.29 is 33.1 Å². The van der Waals surface area contributed by atoms with Crippen molar-refractivity contribution in [3.8, 4) is 0 Å². The first-order chi connectivity index (χ1) is 10.2. The molecule has 1 atom stereocenters. The molecule has 1 rings (SSSR count). The number of aliphatic hydroxyl groups is 1. The van der Waals surface area contributed by atoms with E-state index < -0.39 is 13.8 Å². The van der Waals surface area contributed by atoms with Crippen LogP contribution < -0.4 is 4.89 Å². The Kier molecular flexibility index (Phi) is 9.37. The average Bonchev–Trinajstić information content (AvgIpc) is 2.48. The van der Waals surface area contributed by atoms with Crippen molar-refractivity contribution in [1.29, 1.82) is 0 Å². The molecule has 0 amide bonds. The maximum absolute atomic E-state index is 11.2. The number of phosphoric acid groups is 1. The summed E-state index contributed by atoms with van der Waals surface area (Å²) in [7, 11) is -1.83. The maximum atomic E-state index is 11.2. The van der Waals surface area contributed by atoms with Gasteiger partial charge in [0.15, 0.2) is 0 Å². The molecular formula is C14H20O7P-. The van der Waals surface area contributed by atoms with Crippen molar-refractivity contribution >= 4 is 13.8 Å². The Labute approximate surface area is 129 Å². The zero-order valence-electron chi connectivity index (χ0n) is 12.9. The SMILES string of the molecule is C/C(O)=C\C(=O)OC(C)c1ccccc1.COP(=O)([O-])OC. The van der Waals surface area contributed by atoms with Crippen LogP contribution in [0.5, 0.6) is 0 Å². The molecule has 8 heteroatoms. The first-order valence-corrected chi connectivity index (χ1v) is 7.73. The molecule has 1 aromatic carbocycles. The van der Waals surface area contributed by atoms with E-state index >= 15 is 0 Å². The van der Waals surface area contributed by atoms with Crippen LogP contribution in [0.4, 0.5) is 0 Å². The molecular weight excluding hydrogens is 311 g/mol. The molecule has 7 nitrogen and oxygen atoms in total. The highest BCUT2D eigenvalue weighted by molar-refractivity contribution is 7.45. The number of aliphatic hydroxyl groups excluding tert-OH is 1. The zero-order chi connectivity index (χ0) is 17.2. The Morgan fingerprint density at radius 1 is 1.27 bits per heavy atom. The summed E-state index contributed by atoms with van der Waals surface area (Å²) in [5.74, 6) is -0.591.